The molecule has 0 radical (unpaired) electrons. The highest BCUT2D eigenvalue weighted by Gasteiger charge is 2.23. The zero-order chi connectivity index (χ0) is 9.26. The lowest BCUT2D eigenvalue weighted by Gasteiger charge is -2.02. The molecule has 1 aromatic rings. The van der Waals surface area contributed by atoms with Crippen molar-refractivity contribution in [2.75, 3.05) is 0 Å². The first-order valence-corrected chi connectivity index (χ1v) is 4.88. The molecule has 13 heavy (non-hydrogen) atoms. The molecule has 1 unspecified atom stereocenters. The number of rotatable bonds is 2. The van der Waals surface area contributed by atoms with E-state index in [0.29, 0.717) is 0 Å². The summed E-state index contributed by atoms with van der Waals surface area (Å²) in [5.74, 6) is 0.768. The van der Waals surface area contributed by atoms with Crippen LogP contribution in [0.2, 0.25) is 0 Å². The molecule has 2 rings (SSSR count). The second kappa shape index (κ2) is 3.40. The first-order valence-electron chi connectivity index (χ1n) is 4.45. The van der Waals surface area contributed by atoms with Crippen molar-refractivity contribution in [3.63, 3.8) is 0 Å². The fraction of sp³-hybridized carbons (Fsp3) is 0.364. The van der Waals surface area contributed by atoms with E-state index in [-0.39, 0.29) is 0 Å². The van der Waals surface area contributed by atoms with Crippen molar-refractivity contribution >= 4 is 11.6 Å². The van der Waals surface area contributed by atoms with Crippen LogP contribution in [0.5, 0.6) is 0 Å². The Bertz CT molecular complexity index is 332. The Kier molecular flexibility index (Phi) is 2.24. The van der Waals surface area contributed by atoms with E-state index in [4.69, 9.17) is 16.9 Å². The summed E-state index contributed by atoms with van der Waals surface area (Å²) in [7, 11) is 0. The summed E-state index contributed by atoms with van der Waals surface area (Å²) in [6.45, 7) is 0. The van der Waals surface area contributed by atoms with Gasteiger partial charge in [0.2, 0.25) is 0 Å². The topological polar surface area (TPSA) is 23.8 Å². The van der Waals surface area contributed by atoms with Gasteiger partial charge in [0.25, 0.3) is 0 Å². The van der Waals surface area contributed by atoms with Gasteiger partial charge in [0, 0.05) is 0 Å². The Morgan fingerprint density at radius 2 is 1.92 bits per heavy atom. The number of halogens is 1. The van der Waals surface area contributed by atoms with E-state index in [0.717, 1.165) is 11.5 Å². The number of benzene rings is 1. The van der Waals surface area contributed by atoms with Gasteiger partial charge in [0.1, 0.15) is 5.38 Å². The van der Waals surface area contributed by atoms with Gasteiger partial charge in [-0.25, -0.2) is 0 Å². The predicted octanol–water partition coefficient (Wildman–Crippen LogP) is 3.37. The zero-order valence-electron chi connectivity index (χ0n) is 7.20. The van der Waals surface area contributed by atoms with Crippen molar-refractivity contribution in [2.24, 2.45) is 0 Å². The molecule has 0 heterocycles. The number of hydrogen-bond donors (Lipinski definition) is 0. The number of alkyl halides is 1. The molecule has 1 aromatic carbocycles. The summed E-state index contributed by atoms with van der Waals surface area (Å²) in [6, 6.07) is 10.1. The molecule has 1 fully saturated rings. The first kappa shape index (κ1) is 8.59. The van der Waals surface area contributed by atoms with Crippen LogP contribution >= 0.6 is 11.6 Å². The highest BCUT2D eigenvalue weighted by atomic mass is 35.5. The molecule has 1 atom stereocenters. The van der Waals surface area contributed by atoms with Crippen LogP contribution < -0.4 is 0 Å². The maximum atomic E-state index is 8.60. The van der Waals surface area contributed by atoms with Crippen LogP contribution in [0.25, 0.3) is 0 Å². The van der Waals surface area contributed by atoms with E-state index in [1.54, 1.807) is 0 Å². The van der Waals surface area contributed by atoms with E-state index in [1.807, 2.05) is 18.2 Å². The summed E-state index contributed by atoms with van der Waals surface area (Å²) >= 11 is 5.78. The Morgan fingerprint density at radius 1 is 1.31 bits per heavy atom. The third-order valence-corrected chi connectivity index (χ3v) is 2.74. The summed E-state index contributed by atoms with van der Waals surface area (Å²) in [4.78, 5) is 0. The summed E-state index contributed by atoms with van der Waals surface area (Å²) < 4.78 is 0. The van der Waals surface area contributed by atoms with Gasteiger partial charge in [0.15, 0.2) is 0 Å². The molecule has 66 valence electrons. The molecule has 2 heteroatoms. The molecule has 1 aliphatic carbocycles. The van der Waals surface area contributed by atoms with Gasteiger partial charge in [-0.2, -0.15) is 5.26 Å². The largest absolute Gasteiger partial charge is 0.196 e. The molecule has 0 saturated heterocycles. The van der Waals surface area contributed by atoms with Crippen LogP contribution in [0, 0.1) is 11.3 Å². The van der Waals surface area contributed by atoms with Gasteiger partial charge in [-0.15, -0.1) is 11.6 Å². The quantitative estimate of drug-likeness (QED) is 0.658. The fourth-order valence-electron chi connectivity index (χ4n) is 1.43. The predicted molar refractivity (Wildman–Crippen MR) is 52.6 cm³/mol. The maximum absolute atomic E-state index is 8.60. The van der Waals surface area contributed by atoms with Gasteiger partial charge in [-0.3, -0.25) is 0 Å². The molecule has 0 aliphatic heterocycles. The molecule has 0 bridgehead atoms. The molecule has 1 aliphatic rings. The van der Waals surface area contributed by atoms with Crippen molar-refractivity contribution in [1.29, 1.82) is 5.26 Å². The minimum atomic E-state index is -0.506. The molecular formula is C11H10ClN. The van der Waals surface area contributed by atoms with E-state index in [1.165, 1.54) is 18.4 Å². The van der Waals surface area contributed by atoms with Crippen LogP contribution in [0.15, 0.2) is 24.3 Å². The molecule has 0 amide bonds. The summed E-state index contributed by atoms with van der Waals surface area (Å²) in [5, 5.41) is 8.09. The smallest absolute Gasteiger partial charge is 0.145 e. The first-order chi connectivity index (χ1) is 6.31. The van der Waals surface area contributed by atoms with Gasteiger partial charge in [-0.05, 0) is 29.9 Å². The maximum Gasteiger partial charge on any atom is 0.145 e. The lowest BCUT2D eigenvalue weighted by Crippen LogP contribution is -1.87. The molecule has 0 aromatic heterocycles. The third kappa shape index (κ3) is 1.84. The molecular weight excluding hydrogens is 182 g/mol. The second-order valence-electron chi connectivity index (χ2n) is 3.43. The van der Waals surface area contributed by atoms with Gasteiger partial charge >= 0.3 is 0 Å². The van der Waals surface area contributed by atoms with Crippen LogP contribution in [0.1, 0.15) is 35.3 Å². The van der Waals surface area contributed by atoms with Crippen molar-refractivity contribution in [2.45, 2.75) is 24.1 Å². The lowest BCUT2D eigenvalue weighted by molar-refractivity contribution is 1.11. The molecule has 0 N–H and O–H groups in total. The summed E-state index contributed by atoms with van der Waals surface area (Å²) in [5.41, 5.74) is 2.28. The minimum Gasteiger partial charge on any atom is -0.196 e. The van der Waals surface area contributed by atoms with Gasteiger partial charge < -0.3 is 0 Å². The van der Waals surface area contributed by atoms with E-state index in [9.17, 15) is 0 Å². The Hall–Kier alpha value is -1.00. The SMILES string of the molecule is N#CC(Cl)c1ccc(C2CC2)cc1. The molecule has 1 nitrogen and oxygen atoms in total. The minimum absolute atomic E-state index is 0.506. The van der Waals surface area contributed by atoms with Crippen molar-refractivity contribution in [3.8, 4) is 6.07 Å². The van der Waals surface area contributed by atoms with E-state index in [2.05, 4.69) is 12.1 Å². The van der Waals surface area contributed by atoms with Crippen LogP contribution in [0.4, 0.5) is 0 Å². The Labute approximate surface area is 82.9 Å². The van der Waals surface area contributed by atoms with E-state index >= 15 is 0 Å². The highest BCUT2D eigenvalue weighted by molar-refractivity contribution is 6.22. The Morgan fingerprint density at radius 3 is 2.38 bits per heavy atom. The van der Waals surface area contributed by atoms with Gasteiger partial charge in [0.05, 0.1) is 6.07 Å². The van der Waals surface area contributed by atoms with Gasteiger partial charge in [-0.1, -0.05) is 24.3 Å². The van der Waals surface area contributed by atoms with Crippen LogP contribution in [-0.2, 0) is 0 Å². The number of nitrogens with zero attached hydrogens (tertiary/aromatic N) is 1. The monoisotopic (exact) mass is 191 g/mol. The average Bonchev–Trinajstić information content (AvgIpc) is 3.00. The van der Waals surface area contributed by atoms with E-state index < -0.39 is 5.38 Å². The summed E-state index contributed by atoms with van der Waals surface area (Å²) in [6.07, 6.45) is 2.61. The second-order valence-corrected chi connectivity index (χ2v) is 3.87. The van der Waals surface area contributed by atoms with Crippen LogP contribution in [0.3, 0.4) is 0 Å². The van der Waals surface area contributed by atoms with Crippen molar-refractivity contribution < 1.29 is 0 Å². The number of nitriles is 1. The zero-order valence-corrected chi connectivity index (χ0v) is 7.96. The Balaban J connectivity index is 2.18. The lowest BCUT2D eigenvalue weighted by atomic mass is 10.1. The fourth-order valence-corrected chi connectivity index (χ4v) is 1.57. The highest BCUT2D eigenvalue weighted by Crippen LogP contribution is 2.40. The normalized spacial score (nSPS) is 17.8. The molecule has 1 saturated carbocycles. The number of hydrogen-bond acceptors (Lipinski definition) is 1. The van der Waals surface area contributed by atoms with Crippen molar-refractivity contribution in [3.05, 3.63) is 35.4 Å². The van der Waals surface area contributed by atoms with Crippen molar-refractivity contribution in [1.82, 2.24) is 0 Å². The standard InChI is InChI=1S/C11H10ClN/c12-11(7-13)10-5-3-9(4-6-10)8-1-2-8/h3-6,8,11H,1-2H2. The average molecular weight is 192 g/mol. The van der Waals surface area contributed by atoms with Crippen LogP contribution in [-0.4, -0.2) is 0 Å². The molecule has 0 spiro atoms. The third-order valence-electron chi connectivity index (χ3n) is 2.39.